The summed E-state index contributed by atoms with van der Waals surface area (Å²) in [5, 5.41) is 13.8. The summed E-state index contributed by atoms with van der Waals surface area (Å²) >= 11 is 1.57. The molecule has 3 aromatic rings. The van der Waals surface area contributed by atoms with E-state index in [0.717, 1.165) is 21.3 Å². The number of aromatic amines is 1. The van der Waals surface area contributed by atoms with Crippen molar-refractivity contribution < 1.29 is 5.11 Å². The molecule has 2 aromatic heterocycles. The molecule has 86 valence electrons. The molecular formula is C14H13NOS. The Labute approximate surface area is 104 Å². The molecule has 0 amide bonds. The van der Waals surface area contributed by atoms with E-state index in [0.29, 0.717) is 0 Å². The SMILES string of the molecule is CC(O)(c1ccc2[nH]ccc2c1)c1cccs1. The fourth-order valence-electron chi connectivity index (χ4n) is 2.05. The first kappa shape index (κ1) is 10.6. The van der Waals surface area contributed by atoms with E-state index in [2.05, 4.69) is 4.98 Å². The Morgan fingerprint density at radius 1 is 1.24 bits per heavy atom. The quantitative estimate of drug-likeness (QED) is 0.710. The van der Waals surface area contributed by atoms with Crippen LogP contribution >= 0.6 is 11.3 Å². The van der Waals surface area contributed by atoms with Crippen molar-refractivity contribution in [1.29, 1.82) is 0 Å². The van der Waals surface area contributed by atoms with Gasteiger partial charge in [0, 0.05) is 16.6 Å². The molecule has 1 unspecified atom stereocenters. The smallest absolute Gasteiger partial charge is 0.121 e. The van der Waals surface area contributed by atoms with Gasteiger partial charge in [-0.25, -0.2) is 0 Å². The fourth-order valence-corrected chi connectivity index (χ4v) is 2.86. The number of aliphatic hydroxyl groups is 1. The van der Waals surface area contributed by atoms with Gasteiger partial charge in [0.1, 0.15) is 5.60 Å². The van der Waals surface area contributed by atoms with Crippen LogP contribution in [0.5, 0.6) is 0 Å². The van der Waals surface area contributed by atoms with Crippen molar-refractivity contribution in [1.82, 2.24) is 4.98 Å². The van der Waals surface area contributed by atoms with Gasteiger partial charge in [0.25, 0.3) is 0 Å². The lowest BCUT2D eigenvalue weighted by atomic mass is 9.93. The zero-order chi connectivity index (χ0) is 11.9. The number of thiophene rings is 1. The number of aromatic nitrogens is 1. The van der Waals surface area contributed by atoms with Crippen LogP contribution in [0, 0.1) is 0 Å². The molecule has 0 spiro atoms. The molecule has 0 aliphatic heterocycles. The van der Waals surface area contributed by atoms with E-state index in [-0.39, 0.29) is 0 Å². The second-order valence-electron chi connectivity index (χ2n) is 4.33. The molecule has 1 atom stereocenters. The summed E-state index contributed by atoms with van der Waals surface area (Å²) in [6.07, 6.45) is 1.91. The molecule has 17 heavy (non-hydrogen) atoms. The van der Waals surface area contributed by atoms with Crippen molar-refractivity contribution in [2.24, 2.45) is 0 Å². The Morgan fingerprint density at radius 2 is 2.12 bits per heavy atom. The van der Waals surface area contributed by atoms with Gasteiger partial charge >= 0.3 is 0 Å². The third-order valence-corrected chi connectivity index (χ3v) is 4.20. The lowest BCUT2D eigenvalue weighted by molar-refractivity contribution is 0.106. The Bertz CT molecular complexity index is 637. The normalized spacial score (nSPS) is 14.9. The van der Waals surface area contributed by atoms with Gasteiger partial charge in [0.05, 0.1) is 0 Å². The van der Waals surface area contributed by atoms with E-state index in [1.165, 1.54) is 0 Å². The molecule has 3 rings (SSSR count). The van der Waals surface area contributed by atoms with E-state index in [1.807, 2.05) is 54.9 Å². The van der Waals surface area contributed by atoms with Crippen LogP contribution in [0.2, 0.25) is 0 Å². The molecule has 3 heteroatoms. The predicted molar refractivity (Wildman–Crippen MR) is 71.3 cm³/mol. The molecular weight excluding hydrogens is 230 g/mol. The van der Waals surface area contributed by atoms with Gasteiger partial charge in [0.2, 0.25) is 0 Å². The highest BCUT2D eigenvalue weighted by atomic mass is 32.1. The summed E-state index contributed by atoms with van der Waals surface area (Å²) in [4.78, 5) is 4.12. The van der Waals surface area contributed by atoms with Gasteiger partial charge in [-0.15, -0.1) is 11.3 Å². The number of hydrogen-bond donors (Lipinski definition) is 2. The number of nitrogens with one attached hydrogen (secondary N) is 1. The minimum absolute atomic E-state index is 0.917. The zero-order valence-corrected chi connectivity index (χ0v) is 10.3. The first-order valence-corrected chi connectivity index (χ1v) is 6.40. The molecule has 0 saturated carbocycles. The van der Waals surface area contributed by atoms with Gasteiger partial charge in [-0.05, 0) is 47.5 Å². The van der Waals surface area contributed by atoms with Crippen LogP contribution < -0.4 is 0 Å². The molecule has 0 radical (unpaired) electrons. The Hall–Kier alpha value is -1.58. The molecule has 0 aliphatic carbocycles. The summed E-state index contributed by atoms with van der Waals surface area (Å²) in [5.41, 5.74) is 1.10. The molecule has 0 fully saturated rings. The van der Waals surface area contributed by atoms with Crippen LogP contribution in [0.4, 0.5) is 0 Å². The van der Waals surface area contributed by atoms with E-state index in [4.69, 9.17) is 0 Å². The van der Waals surface area contributed by atoms with Gasteiger partial charge in [-0.2, -0.15) is 0 Å². The van der Waals surface area contributed by atoms with E-state index in [1.54, 1.807) is 11.3 Å². The lowest BCUT2D eigenvalue weighted by Crippen LogP contribution is -2.21. The van der Waals surface area contributed by atoms with Crippen molar-refractivity contribution in [3.63, 3.8) is 0 Å². The highest BCUT2D eigenvalue weighted by Crippen LogP contribution is 2.33. The van der Waals surface area contributed by atoms with Crippen LogP contribution in [-0.4, -0.2) is 10.1 Å². The lowest BCUT2D eigenvalue weighted by Gasteiger charge is -2.22. The molecule has 2 N–H and O–H groups in total. The minimum Gasteiger partial charge on any atom is -0.380 e. The summed E-state index contributed by atoms with van der Waals surface area (Å²) in [6, 6.07) is 12.0. The van der Waals surface area contributed by atoms with Crippen LogP contribution in [-0.2, 0) is 5.60 Å². The molecule has 2 heterocycles. The highest BCUT2D eigenvalue weighted by molar-refractivity contribution is 7.10. The average molecular weight is 243 g/mol. The maximum Gasteiger partial charge on any atom is 0.121 e. The van der Waals surface area contributed by atoms with Crippen molar-refractivity contribution in [3.8, 4) is 0 Å². The zero-order valence-electron chi connectivity index (χ0n) is 9.47. The number of rotatable bonds is 2. The van der Waals surface area contributed by atoms with Gasteiger partial charge < -0.3 is 10.1 Å². The fraction of sp³-hybridized carbons (Fsp3) is 0.143. The molecule has 0 bridgehead atoms. The topological polar surface area (TPSA) is 36.0 Å². The second-order valence-corrected chi connectivity index (χ2v) is 5.28. The average Bonchev–Trinajstić information content (AvgIpc) is 2.99. The van der Waals surface area contributed by atoms with Crippen molar-refractivity contribution in [2.75, 3.05) is 0 Å². The first-order chi connectivity index (χ1) is 8.18. The first-order valence-electron chi connectivity index (χ1n) is 5.52. The molecule has 1 aromatic carbocycles. The van der Waals surface area contributed by atoms with Crippen LogP contribution in [0.15, 0.2) is 48.0 Å². The highest BCUT2D eigenvalue weighted by Gasteiger charge is 2.26. The van der Waals surface area contributed by atoms with Crippen molar-refractivity contribution in [2.45, 2.75) is 12.5 Å². The van der Waals surface area contributed by atoms with E-state index >= 15 is 0 Å². The summed E-state index contributed by atoms with van der Waals surface area (Å²) in [7, 11) is 0. The van der Waals surface area contributed by atoms with Crippen LogP contribution in [0.1, 0.15) is 17.4 Å². The number of benzene rings is 1. The van der Waals surface area contributed by atoms with Gasteiger partial charge in [-0.1, -0.05) is 12.1 Å². The Morgan fingerprint density at radius 3 is 2.88 bits per heavy atom. The number of hydrogen-bond acceptors (Lipinski definition) is 2. The minimum atomic E-state index is -0.917. The van der Waals surface area contributed by atoms with E-state index < -0.39 is 5.60 Å². The maximum atomic E-state index is 10.6. The summed E-state index contributed by atoms with van der Waals surface area (Å²) in [6.45, 7) is 1.84. The standard InChI is InChI=1S/C14H13NOS/c1-14(16,13-3-2-8-17-13)11-4-5-12-10(9-11)6-7-15-12/h2-9,15-16H,1H3. The largest absolute Gasteiger partial charge is 0.380 e. The third-order valence-electron chi connectivity index (χ3n) is 3.12. The monoisotopic (exact) mass is 243 g/mol. The van der Waals surface area contributed by atoms with Crippen molar-refractivity contribution in [3.05, 3.63) is 58.4 Å². The third kappa shape index (κ3) is 1.68. The summed E-state index contributed by atoms with van der Waals surface area (Å²) < 4.78 is 0. The van der Waals surface area contributed by atoms with Gasteiger partial charge in [-0.3, -0.25) is 0 Å². The molecule has 0 saturated heterocycles. The van der Waals surface area contributed by atoms with E-state index in [9.17, 15) is 5.11 Å². The maximum absolute atomic E-state index is 10.6. The van der Waals surface area contributed by atoms with Crippen LogP contribution in [0.25, 0.3) is 10.9 Å². The predicted octanol–water partition coefficient (Wildman–Crippen LogP) is 3.49. The number of H-pyrrole nitrogens is 1. The van der Waals surface area contributed by atoms with Crippen LogP contribution in [0.3, 0.4) is 0 Å². The van der Waals surface area contributed by atoms with Crippen molar-refractivity contribution >= 4 is 22.2 Å². The molecule has 2 nitrogen and oxygen atoms in total. The number of fused-ring (bicyclic) bond motifs is 1. The molecule has 0 aliphatic rings. The summed E-state index contributed by atoms with van der Waals surface area (Å²) in [5.74, 6) is 0. The van der Waals surface area contributed by atoms with Gasteiger partial charge in [0.15, 0.2) is 0 Å². The second kappa shape index (κ2) is 3.72. The Balaban J connectivity index is 2.14. The Kier molecular flexibility index (Phi) is 2.31.